The topological polar surface area (TPSA) is 83.7 Å². The van der Waals surface area contributed by atoms with E-state index in [1.165, 1.54) is 17.0 Å². The normalized spacial score (nSPS) is 18.4. The van der Waals surface area contributed by atoms with Gasteiger partial charge in [0.2, 0.25) is 5.91 Å². The van der Waals surface area contributed by atoms with Crippen molar-refractivity contribution in [2.45, 2.75) is 26.8 Å². The third-order valence-electron chi connectivity index (χ3n) is 4.04. The molecule has 1 fully saturated rings. The summed E-state index contributed by atoms with van der Waals surface area (Å²) in [5, 5.41) is 0. The Balaban J connectivity index is 2.32. The molecule has 24 heavy (non-hydrogen) atoms. The molecule has 1 aromatic rings. The van der Waals surface area contributed by atoms with E-state index in [0.29, 0.717) is 12.1 Å². The highest BCUT2D eigenvalue weighted by Crippen LogP contribution is 2.28. The highest BCUT2D eigenvalue weighted by atomic mass is 19.1. The summed E-state index contributed by atoms with van der Waals surface area (Å²) in [6.07, 6.45) is 0. The van der Waals surface area contributed by atoms with Crippen LogP contribution in [-0.4, -0.2) is 47.2 Å². The average Bonchev–Trinajstić information content (AvgIpc) is 2.52. The predicted octanol–water partition coefficient (Wildman–Crippen LogP) is 1.07. The number of carbonyl (C=O) groups excluding carboxylic acids is 3. The highest BCUT2D eigenvalue weighted by molar-refractivity contribution is 6.34. The summed E-state index contributed by atoms with van der Waals surface area (Å²) >= 11 is 0. The van der Waals surface area contributed by atoms with Crippen molar-refractivity contribution >= 4 is 17.7 Å². The van der Waals surface area contributed by atoms with Crippen LogP contribution in [0.5, 0.6) is 0 Å². The molecule has 1 heterocycles. The summed E-state index contributed by atoms with van der Waals surface area (Å²) < 4.78 is 13.2. The third kappa shape index (κ3) is 3.72. The van der Waals surface area contributed by atoms with Crippen molar-refractivity contribution in [3.63, 3.8) is 0 Å². The van der Waals surface area contributed by atoms with Crippen LogP contribution in [0, 0.1) is 11.2 Å². The molecule has 0 aliphatic carbocycles. The lowest BCUT2D eigenvalue weighted by Crippen LogP contribution is -2.56. The van der Waals surface area contributed by atoms with Gasteiger partial charge in [-0.15, -0.1) is 0 Å². The molecule has 2 rings (SSSR count). The summed E-state index contributed by atoms with van der Waals surface area (Å²) in [4.78, 5) is 38.9. The fourth-order valence-corrected chi connectivity index (χ4v) is 2.80. The van der Waals surface area contributed by atoms with E-state index in [1.54, 1.807) is 17.0 Å². The maximum atomic E-state index is 13.2. The van der Waals surface area contributed by atoms with E-state index in [1.807, 2.05) is 20.8 Å². The standard InChI is InChI=1S/C17H22FN3O3/c1-17(2,3)16(24)20-8-9-21(15(23)14(19)22)13(10-20)11-4-6-12(18)7-5-11/h4-7,13H,8-10H2,1-3H3,(H2,19,22). The number of piperazine rings is 1. The van der Waals surface area contributed by atoms with Gasteiger partial charge in [0.1, 0.15) is 5.82 Å². The number of rotatable bonds is 1. The Hall–Kier alpha value is -2.44. The van der Waals surface area contributed by atoms with Gasteiger partial charge >= 0.3 is 11.8 Å². The summed E-state index contributed by atoms with van der Waals surface area (Å²) in [5.41, 5.74) is 5.22. The zero-order valence-electron chi connectivity index (χ0n) is 14.1. The zero-order valence-corrected chi connectivity index (χ0v) is 14.1. The molecule has 6 nitrogen and oxygen atoms in total. The smallest absolute Gasteiger partial charge is 0.312 e. The molecule has 130 valence electrons. The van der Waals surface area contributed by atoms with E-state index >= 15 is 0 Å². The van der Waals surface area contributed by atoms with Crippen LogP contribution in [0.15, 0.2) is 24.3 Å². The number of hydrogen-bond donors (Lipinski definition) is 1. The molecular weight excluding hydrogens is 313 g/mol. The van der Waals surface area contributed by atoms with Gasteiger partial charge in [0.25, 0.3) is 0 Å². The van der Waals surface area contributed by atoms with Crippen LogP contribution in [0.3, 0.4) is 0 Å². The van der Waals surface area contributed by atoms with Crippen LogP contribution in [-0.2, 0) is 14.4 Å². The molecule has 0 spiro atoms. The molecule has 1 aliphatic rings. The Morgan fingerprint density at radius 2 is 1.71 bits per heavy atom. The van der Waals surface area contributed by atoms with Crippen molar-refractivity contribution in [3.8, 4) is 0 Å². The van der Waals surface area contributed by atoms with Crippen LogP contribution in [0.2, 0.25) is 0 Å². The minimum Gasteiger partial charge on any atom is -0.361 e. The lowest BCUT2D eigenvalue weighted by Gasteiger charge is -2.43. The van der Waals surface area contributed by atoms with Gasteiger partial charge in [-0.25, -0.2) is 4.39 Å². The molecule has 1 unspecified atom stereocenters. The quantitative estimate of drug-likeness (QED) is 0.779. The summed E-state index contributed by atoms with van der Waals surface area (Å²) in [7, 11) is 0. The van der Waals surface area contributed by atoms with Gasteiger partial charge in [-0.05, 0) is 17.7 Å². The fraction of sp³-hybridized carbons (Fsp3) is 0.471. The maximum absolute atomic E-state index is 13.2. The Labute approximate surface area is 140 Å². The molecule has 1 aliphatic heterocycles. The molecule has 7 heteroatoms. The Morgan fingerprint density at radius 1 is 1.12 bits per heavy atom. The lowest BCUT2D eigenvalue weighted by atomic mass is 9.93. The van der Waals surface area contributed by atoms with Crippen molar-refractivity contribution in [2.75, 3.05) is 19.6 Å². The van der Waals surface area contributed by atoms with Crippen LogP contribution in [0.4, 0.5) is 4.39 Å². The SMILES string of the molecule is CC(C)(C)C(=O)N1CCN(C(=O)C(N)=O)C(c2ccc(F)cc2)C1. The van der Waals surface area contributed by atoms with Gasteiger partial charge < -0.3 is 15.5 Å². The molecule has 1 saturated heterocycles. The molecule has 0 saturated carbocycles. The van der Waals surface area contributed by atoms with Gasteiger partial charge in [0, 0.05) is 25.0 Å². The van der Waals surface area contributed by atoms with E-state index in [9.17, 15) is 18.8 Å². The largest absolute Gasteiger partial charge is 0.361 e. The Bertz CT molecular complexity index is 652. The minimum atomic E-state index is -1.04. The number of halogens is 1. The summed E-state index contributed by atoms with van der Waals surface area (Å²) in [5.74, 6) is -2.28. The minimum absolute atomic E-state index is 0.0409. The molecule has 0 aromatic heterocycles. The van der Waals surface area contributed by atoms with Crippen LogP contribution in [0.25, 0.3) is 0 Å². The monoisotopic (exact) mass is 335 g/mol. The molecule has 0 radical (unpaired) electrons. The summed E-state index contributed by atoms with van der Waals surface area (Å²) in [6, 6.07) is 5.13. The number of nitrogens with two attached hydrogens (primary N) is 1. The lowest BCUT2D eigenvalue weighted by molar-refractivity contribution is -0.152. The van der Waals surface area contributed by atoms with Gasteiger partial charge in [0.15, 0.2) is 0 Å². The number of hydrogen-bond acceptors (Lipinski definition) is 3. The van der Waals surface area contributed by atoms with E-state index < -0.39 is 29.1 Å². The van der Waals surface area contributed by atoms with Crippen molar-refractivity contribution in [1.82, 2.24) is 9.80 Å². The zero-order chi connectivity index (χ0) is 18.1. The maximum Gasteiger partial charge on any atom is 0.312 e. The second-order valence-electron chi connectivity index (χ2n) is 6.93. The first-order valence-corrected chi connectivity index (χ1v) is 7.76. The van der Waals surface area contributed by atoms with Crippen molar-refractivity contribution < 1.29 is 18.8 Å². The van der Waals surface area contributed by atoms with Crippen molar-refractivity contribution in [3.05, 3.63) is 35.6 Å². The number of nitrogens with zero attached hydrogens (tertiary/aromatic N) is 2. The van der Waals surface area contributed by atoms with Crippen LogP contribution < -0.4 is 5.73 Å². The number of amides is 3. The van der Waals surface area contributed by atoms with Crippen LogP contribution in [0.1, 0.15) is 32.4 Å². The van der Waals surface area contributed by atoms with Crippen LogP contribution >= 0.6 is 0 Å². The Morgan fingerprint density at radius 3 is 2.21 bits per heavy atom. The second-order valence-corrected chi connectivity index (χ2v) is 6.93. The van der Waals surface area contributed by atoms with Gasteiger partial charge in [0.05, 0.1) is 6.04 Å². The van der Waals surface area contributed by atoms with E-state index in [2.05, 4.69) is 0 Å². The number of primary amides is 1. The average molecular weight is 335 g/mol. The van der Waals surface area contributed by atoms with E-state index in [-0.39, 0.29) is 19.0 Å². The summed E-state index contributed by atoms with van der Waals surface area (Å²) in [6.45, 7) is 6.23. The first kappa shape index (κ1) is 17.9. The molecule has 1 atom stereocenters. The number of carbonyl (C=O) groups is 3. The Kier molecular flexibility index (Phi) is 4.91. The van der Waals surface area contributed by atoms with E-state index in [0.717, 1.165) is 0 Å². The second kappa shape index (κ2) is 6.59. The number of benzene rings is 1. The highest BCUT2D eigenvalue weighted by Gasteiger charge is 2.37. The predicted molar refractivity (Wildman–Crippen MR) is 86.1 cm³/mol. The van der Waals surface area contributed by atoms with Gasteiger partial charge in [-0.2, -0.15) is 0 Å². The van der Waals surface area contributed by atoms with Gasteiger partial charge in [-0.1, -0.05) is 32.9 Å². The molecule has 2 N–H and O–H groups in total. The molecule has 3 amide bonds. The molecular formula is C17H22FN3O3. The van der Waals surface area contributed by atoms with Gasteiger partial charge in [-0.3, -0.25) is 14.4 Å². The fourth-order valence-electron chi connectivity index (χ4n) is 2.80. The molecule has 1 aromatic carbocycles. The first-order valence-electron chi connectivity index (χ1n) is 7.76. The molecule has 0 bridgehead atoms. The van der Waals surface area contributed by atoms with Crippen molar-refractivity contribution in [1.29, 1.82) is 0 Å². The first-order chi connectivity index (χ1) is 11.1. The third-order valence-corrected chi connectivity index (χ3v) is 4.04. The van der Waals surface area contributed by atoms with Crippen molar-refractivity contribution in [2.24, 2.45) is 11.1 Å². The van der Waals surface area contributed by atoms with E-state index in [4.69, 9.17) is 5.73 Å².